The van der Waals surface area contributed by atoms with E-state index < -0.39 is 0 Å². The van der Waals surface area contributed by atoms with Gasteiger partial charge in [-0.2, -0.15) is 0 Å². The van der Waals surface area contributed by atoms with E-state index in [2.05, 4.69) is 0 Å². The molecule has 0 fully saturated rings. The van der Waals surface area contributed by atoms with Crippen LogP contribution in [-0.2, 0) is 0 Å². The highest BCUT2D eigenvalue weighted by molar-refractivity contribution is 5.85. The highest BCUT2D eigenvalue weighted by Gasteiger charge is 2.13. The Balaban J connectivity index is 1.99. The zero-order valence-corrected chi connectivity index (χ0v) is 14.5. The van der Waals surface area contributed by atoms with Crippen molar-refractivity contribution in [2.45, 2.75) is 0 Å². The van der Waals surface area contributed by atoms with Crippen molar-refractivity contribution in [3.63, 3.8) is 0 Å². The van der Waals surface area contributed by atoms with E-state index in [0.717, 1.165) is 16.7 Å². The number of hydrogen-bond acceptors (Lipinski definition) is 3. The third-order valence-corrected chi connectivity index (χ3v) is 4.58. The lowest BCUT2D eigenvalue weighted by Gasteiger charge is -2.13. The van der Waals surface area contributed by atoms with E-state index in [-0.39, 0.29) is 17.2 Å². The van der Waals surface area contributed by atoms with Gasteiger partial charge in [0.25, 0.3) is 0 Å². The van der Waals surface area contributed by atoms with Crippen LogP contribution in [0.2, 0.25) is 0 Å². The lowest BCUT2D eigenvalue weighted by Crippen LogP contribution is -1.87. The van der Waals surface area contributed by atoms with Crippen molar-refractivity contribution in [1.82, 2.24) is 0 Å². The van der Waals surface area contributed by atoms with Gasteiger partial charge in [0.1, 0.15) is 17.2 Å². The van der Waals surface area contributed by atoms with Crippen molar-refractivity contribution in [3.8, 4) is 50.6 Å². The molecule has 4 aromatic rings. The normalized spacial score (nSPS) is 10.7. The maximum Gasteiger partial charge on any atom is 0.123 e. The van der Waals surface area contributed by atoms with Crippen LogP contribution in [0, 0.1) is 0 Å². The highest BCUT2D eigenvalue weighted by Crippen LogP contribution is 2.39. The number of para-hydroxylation sites is 3. The van der Waals surface area contributed by atoms with E-state index >= 15 is 0 Å². The van der Waals surface area contributed by atoms with E-state index in [9.17, 15) is 15.3 Å². The number of phenolic OH excluding ortho intramolecular Hbond substituents is 3. The van der Waals surface area contributed by atoms with Crippen LogP contribution in [0.5, 0.6) is 17.2 Å². The molecule has 27 heavy (non-hydrogen) atoms. The molecule has 0 saturated heterocycles. The van der Waals surface area contributed by atoms with Crippen molar-refractivity contribution in [2.75, 3.05) is 0 Å². The molecule has 0 atom stereocenters. The Hall–Kier alpha value is -3.72. The largest absolute Gasteiger partial charge is 0.507 e. The lowest BCUT2D eigenvalue weighted by molar-refractivity contribution is 0.477. The molecule has 0 heterocycles. The van der Waals surface area contributed by atoms with Crippen molar-refractivity contribution < 1.29 is 15.3 Å². The summed E-state index contributed by atoms with van der Waals surface area (Å²) in [4.78, 5) is 0. The Bertz CT molecular complexity index is 962. The average molecular weight is 354 g/mol. The molecule has 0 aliphatic heterocycles. The van der Waals surface area contributed by atoms with Gasteiger partial charge in [0.2, 0.25) is 0 Å². The first-order valence-electron chi connectivity index (χ1n) is 8.63. The quantitative estimate of drug-likeness (QED) is 0.435. The summed E-state index contributed by atoms with van der Waals surface area (Å²) in [6.07, 6.45) is 0. The van der Waals surface area contributed by atoms with Gasteiger partial charge >= 0.3 is 0 Å². The molecule has 3 N–H and O–H groups in total. The fourth-order valence-electron chi connectivity index (χ4n) is 3.25. The van der Waals surface area contributed by atoms with Gasteiger partial charge in [-0.25, -0.2) is 0 Å². The molecule has 0 amide bonds. The average Bonchev–Trinajstić information content (AvgIpc) is 2.69. The summed E-state index contributed by atoms with van der Waals surface area (Å²) in [7, 11) is 0. The Morgan fingerprint density at radius 2 is 0.630 bits per heavy atom. The molecule has 0 spiro atoms. The molecule has 0 aliphatic rings. The van der Waals surface area contributed by atoms with Crippen LogP contribution in [0.25, 0.3) is 33.4 Å². The summed E-state index contributed by atoms with van der Waals surface area (Å²) in [6, 6.07) is 27.1. The first-order chi connectivity index (χ1) is 13.1. The van der Waals surface area contributed by atoms with Crippen LogP contribution in [-0.4, -0.2) is 15.3 Å². The number of phenols is 3. The van der Waals surface area contributed by atoms with Gasteiger partial charge in [-0.3, -0.25) is 0 Å². The maximum atomic E-state index is 10.3. The molecule has 4 rings (SSSR count). The number of rotatable bonds is 3. The fraction of sp³-hybridized carbons (Fsp3) is 0. The molecule has 4 aromatic carbocycles. The zero-order valence-electron chi connectivity index (χ0n) is 14.5. The Labute approximate surface area is 157 Å². The second-order valence-electron chi connectivity index (χ2n) is 6.35. The highest BCUT2D eigenvalue weighted by atomic mass is 16.3. The topological polar surface area (TPSA) is 60.7 Å². The third kappa shape index (κ3) is 3.23. The van der Waals surface area contributed by atoms with Gasteiger partial charge in [0.05, 0.1) is 0 Å². The Morgan fingerprint density at radius 3 is 0.889 bits per heavy atom. The van der Waals surface area contributed by atoms with Crippen LogP contribution in [0.15, 0.2) is 91.0 Å². The molecular formula is C24H18O3. The first kappa shape index (κ1) is 16.7. The minimum atomic E-state index is 0.176. The van der Waals surface area contributed by atoms with E-state index in [0.29, 0.717) is 16.7 Å². The fourth-order valence-corrected chi connectivity index (χ4v) is 3.25. The zero-order chi connectivity index (χ0) is 18.8. The summed E-state index contributed by atoms with van der Waals surface area (Å²) in [5.74, 6) is 0.528. The van der Waals surface area contributed by atoms with Gasteiger partial charge in [0.15, 0.2) is 0 Å². The van der Waals surface area contributed by atoms with Crippen LogP contribution >= 0.6 is 0 Å². The van der Waals surface area contributed by atoms with Gasteiger partial charge in [-0.05, 0) is 53.1 Å². The number of aromatic hydroxyl groups is 3. The van der Waals surface area contributed by atoms with Crippen LogP contribution in [0.3, 0.4) is 0 Å². The van der Waals surface area contributed by atoms with Crippen molar-refractivity contribution >= 4 is 0 Å². The van der Waals surface area contributed by atoms with Gasteiger partial charge < -0.3 is 15.3 Å². The summed E-state index contributed by atoms with van der Waals surface area (Å²) >= 11 is 0. The summed E-state index contributed by atoms with van der Waals surface area (Å²) in [6.45, 7) is 0. The second kappa shape index (κ2) is 6.89. The molecule has 3 heteroatoms. The van der Waals surface area contributed by atoms with E-state index in [1.165, 1.54) is 0 Å². The second-order valence-corrected chi connectivity index (χ2v) is 6.35. The number of hydrogen-bond donors (Lipinski definition) is 3. The minimum Gasteiger partial charge on any atom is -0.507 e. The van der Waals surface area contributed by atoms with Crippen molar-refractivity contribution in [3.05, 3.63) is 91.0 Å². The van der Waals surface area contributed by atoms with E-state index in [4.69, 9.17) is 0 Å². The van der Waals surface area contributed by atoms with Gasteiger partial charge in [-0.1, -0.05) is 54.6 Å². The predicted octanol–water partition coefficient (Wildman–Crippen LogP) is 5.80. The van der Waals surface area contributed by atoms with E-state index in [1.807, 2.05) is 54.6 Å². The maximum absolute atomic E-state index is 10.3. The SMILES string of the molecule is Oc1ccccc1-c1cc(-c2ccccc2O)cc(-c2ccccc2O)c1. The van der Waals surface area contributed by atoms with Crippen molar-refractivity contribution in [1.29, 1.82) is 0 Å². The molecule has 0 aliphatic carbocycles. The Morgan fingerprint density at radius 1 is 0.370 bits per heavy atom. The van der Waals surface area contributed by atoms with Crippen LogP contribution in [0.1, 0.15) is 0 Å². The van der Waals surface area contributed by atoms with E-state index in [1.54, 1.807) is 36.4 Å². The standard InChI is InChI=1S/C24H18O3/c25-22-10-4-1-7-19(22)16-13-17(20-8-2-5-11-23(20)26)15-18(14-16)21-9-3-6-12-24(21)27/h1-15,25-27H. The molecular weight excluding hydrogens is 336 g/mol. The molecule has 0 bridgehead atoms. The van der Waals surface area contributed by atoms with Crippen LogP contribution in [0.4, 0.5) is 0 Å². The molecule has 3 nitrogen and oxygen atoms in total. The summed E-state index contributed by atoms with van der Waals surface area (Å²) in [5.41, 5.74) is 4.45. The summed E-state index contributed by atoms with van der Waals surface area (Å²) in [5, 5.41) is 30.9. The smallest absolute Gasteiger partial charge is 0.123 e. The van der Waals surface area contributed by atoms with Crippen molar-refractivity contribution in [2.24, 2.45) is 0 Å². The molecule has 0 aromatic heterocycles. The molecule has 0 radical (unpaired) electrons. The van der Waals surface area contributed by atoms with Gasteiger partial charge in [0, 0.05) is 16.7 Å². The minimum absolute atomic E-state index is 0.176. The Kier molecular flexibility index (Phi) is 4.27. The summed E-state index contributed by atoms with van der Waals surface area (Å²) < 4.78 is 0. The molecule has 132 valence electrons. The molecule has 0 saturated carbocycles. The monoisotopic (exact) mass is 354 g/mol. The number of benzene rings is 4. The lowest BCUT2D eigenvalue weighted by atomic mass is 9.92. The molecule has 0 unspecified atom stereocenters. The first-order valence-corrected chi connectivity index (χ1v) is 8.63. The third-order valence-electron chi connectivity index (χ3n) is 4.58. The van der Waals surface area contributed by atoms with Crippen LogP contribution < -0.4 is 0 Å². The predicted molar refractivity (Wildman–Crippen MR) is 108 cm³/mol. The van der Waals surface area contributed by atoms with Gasteiger partial charge in [-0.15, -0.1) is 0 Å².